The molecule has 4 N–H and O–H groups in total. The molecule has 326 valence electrons. The molecule has 9 rings (SSSR count). The van der Waals surface area contributed by atoms with Crippen molar-refractivity contribution in [2.24, 2.45) is 11.8 Å². The van der Waals surface area contributed by atoms with E-state index in [9.17, 15) is 19.2 Å². The number of hydrogen-bond acceptors (Lipinski definition) is 7. The van der Waals surface area contributed by atoms with Crippen molar-refractivity contribution in [1.29, 1.82) is 0 Å². The van der Waals surface area contributed by atoms with Gasteiger partial charge >= 0.3 is 6.09 Å². The summed E-state index contributed by atoms with van der Waals surface area (Å²) in [6.07, 6.45) is 4.58. The number of hydrogen-bond donors (Lipinski definition) is 4. The summed E-state index contributed by atoms with van der Waals surface area (Å²) in [5.74, 6) is 1.47. The molecule has 1 aliphatic carbocycles. The van der Waals surface area contributed by atoms with Crippen LogP contribution in [0.1, 0.15) is 80.9 Å². The van der Waals surface area contributed by atoms with E-state index < -0.39 is 18.2 Å². The van der Waals surface area contributed by atoms with Crippen LogP contribution >= 0.6 is 0 Å². The zero-order chi connectivity index (χ0) is 44.5. The Balaban J connectivity index is 0.934. The lowest BCUT2D eigenvalue weighted by Crippen LogP contribution is -2.47. The van der Waals surface area contributed by atoms with Crippen LogP contribution in [0.2, 0.25) is 0 Å². The molecule has 2 aromatic heterocycles. The van der Waals surface area contributed by atoms with Gasteiger partial charge in [-0.2, -0.15) is 0 Å². The van der Waals surface area contributed by atoms with Crippen LogP contribution in [-0.4, -0.2) is 73.2 Å². The average molecular weight is 857 g/mol. The number of carbonyl (C=O) groups is 4. The van der Waals surface area contributed by atoms with Gasteiger partial charge in [0.05, 0.1) is 42.6 Å². The Morgan fingerprint density at radius 3 is 2.22 bits per heavy atom. The van der Waals surface area contributed by atoms with Gasteiger partial charge in [-0.15, -0.1) is 0 Å². The lowest BCUT2D eigenvalue weighted by Gasteiger charge is -2.36. The van der Waals surface area contributed by atoms with E-state index in [0.717, 1.165) is 74.8 Å². The maximum Gasteiger partial charge on any atom is 0.407 e. The number of benzene rings is 5. The normalized spacial score (nSPS) is 18.2. The molecule has 0 radical (unpaired) electrons. The third kappa shape index (κ3) is 8.09. The Bertz CT molecular complexity index is 2800. The van der Waals surface area contributed by atoms with E-state index in [0.29, 0.717) is 17.8 Å². The number of aromatic amines is 2. The lowest BCUT2D eigenvalue weighted by atomic mass is 9.96. The molecule has 13 nitrogen and oxygen atoms in total. The summed E-state index contributed by atoms with van der Waals surface area (Å²) >= 11 is 0. The molecule has 6 atom stereocenters. The van der Waals surface area contributed by atoms with Gasteiger partial charge in [-0.3, -0.25) is 14.4 Å². The van der Waals surface area contributed by atoms with Crippen molar-refractivity contribution in [2.45, 2.75) is 76.8 Å². The number of methoxy groups -OCH3 is 1. The standard InChI is InChI=1S/C51H52N8O5/c1-30(2)31(3)58(49(61)44(53-29-60)34-11-7-5-8-12-34)28-43-54-41-24-21-37-25-36(20-23-40(37)46(41)56-43)32-15-17-33(18-16-32)42-27-52-48(55-42)47-38-19-22-39(26-38)59(47)50(62)45(57-51(63)64-4)35-13-9-6-10-14-35/h5-18,20-21,23-25,27,29-31,38-39,44-45,47H,19,22,26,28H2,1-4H3,(H,52,55)(H,53,60)(H,54,56)(H,57,63)/t31-,38+,39-,44?,45-,47+/m1/s1. The number of H-pyrrole nitrogens is 2. The summed E-state index contributed by atoms with van der Waals surface area (Å²) in [4.78, 5) is 73.1. The first-order chi connectivity index (χ1) is 31.1. The average Bonchev–Trinajstić information content (AvgIpc) is 4.16. The Kier molecular flexibility index (Phi) is 11.7. The Morgan fingerprint density at radius 2 is 1.53 bits per heavy atom. The van der Waals surface area contributed by atoms with Crippen LogP contribution in [0.5, 0.6) is 0 Å². The third-order valence-corrected chi connectivity index (χ3v) is 13.3. The summed E-state index contributed by atoms with van der Waals surface area (Å²) in [7, 11) is 1.30. The number of rotatable bonds is 14. The van der Waals surface area contributed by atoms with Crippen molar-refractivity contribution >= 4 is 46.1 Å². The summed E-state index contributed by atoms with van der Waals surface area (Å²) in [5.41, 5.74) is 7.06. The van der Waals surface area contributed by atoms with Gasteiger partial charge in [0.15, 0.2) is 0 Å². The minimum absolute atomic E-state index is 0.0691. The number of aromatic nitrogens is 4. The van der Waals surface area contributed by atoms with Crippen LogP contribution in [0.4, 0.5) is 4.79 Å². The number of nitrogens with zero attached hydrogens (tertiary/aromatic N) is 4. The molecule has 1 unspecified atom stereocenters. The van der Waals surface area contributed by atoms with Crippen molar-refractivity contribution in [1.82, 2.24) is 40.4 Å². The molecule has 64 heavy (non-hydrogen) atoms. The summed E-state index contributed by atoms with van der Waals surface area (Å²) in [5, 5.41) is 7.55. The van der Waals surface area contributed by atoms with Gasteiger partial charge in [0, 0.05) is 17.5 Å². The number of alkyl carbamates (subject to hydrolysis) is 1. The number of piperidine rings is 1. The van der Waals surface area contributed by atoms with Gasteiger partial charge in [-0.1, -0.05) is 117 Å². The second-order valence-electron chi connectivity index (χ2n) is 17.3. The van der Waals surface area contributed by atoms with E-state index in [4.69, 9.17) is 14.7 Å². The van der Waals surface area contributed by atoms with E-state index in [1.165, 1.54) is 7.11 Å². The van der Waals surface area contributed by atoms with E-state index in [1.807, 2.05) is 84.8 Å². The fourth-order valence-electron chi connectivity index (χ4n) is 9.63. The summed E-state index contributed by atoms with van der Waals surface area (Å²) < 4.78 is 4.90. The molecule has 13 heteroatoms. The molecule has 1 aliphatic heterocycles. The Labute approximate surface area is 371 Å². The third-order valence-electron chi connectivity index (χ3n) is 13.3. The number of likely N-dealkylation sites (tertiary alicyclic amines) is 1. The first kappa shape index (κ1) is 42.0. The van der Waals surface area contributed by atoms with Gasteiger partial charge in [0.2, 0.25) is 12.3 Å². The lowest BCUT2D eigenvalue weighted by molar-refractivity contribution is -0.139. The van der Waals surface area contributed by atoms with Crippen molar-refractivity contribution in [2.75, 3.05) is 7.11 Å². The monoisotopic (exact) mass is 856 g/mol. The fraction of sp³-hybridized carbons (Fsp3) is 0.294. The van der Waals surface area contributed by atoms with Crippen molar-refractivity contribution < 1.29 is 23.9 Å². The highest BCUT2D eigenvalue weighted by Gasteiger charge is 2.51. The molecular weight excluding hydrogens is 805 g/mol. The maximum absolute atomic E-state index is 14.3. The predicted octanol–water partition coefficient (Wildman–Crippen LogP) is 8.78. The smallest absolute Gasteiger partial charge is 0.407 e. The van der Waals surface area contributed by atoms with Crippen LogP contribution in [0.3, 0.4) is 0 Å². The number of imidazole rings is 2. The first-order valence-corrected chi connectivity index (χ1v) is 22.0. The van der Waals surface area contributed by atoms with Crippen LogP contribution in [0.25, 0.3) is 44.2 Å². The maximum atomic E-state index is 14.3. The summed E-state index contributed by atoms with van der Waals surface area (Å²) in [6, 6.07) is 35.4. The van der Waals surface area contributed by atoms with Crippen LogP contribution < -0.4 is 10.6 Å². The van der Waals surface area contributed by atoms with E-state index in [-0.39, 0.29) is 48.3 Å². The van der Waals surface area contributed by atoms with Crippen molar-refractivity contribution in [3.05, 3.63) is 144 Å². The van der Waals surface area contributed by atoms with Crippen LogP contribution in [-0.2, 0) is 25.7 Å². The Morgan fingerprint density at radius 1 is 0.844 bits per heavy atom. The van der Waals surface area contributed by atoms with E-state index >= 15 is 0 Å². The van der Waals surface area contributed by atoms with E-state index in [2.05, 4.69) is 83.0 Å². The van der Waals surface area contributed by atoms with Crippen molar-refractivity contribution in [3.8, 4) is 22.4 Å². The molecule has 4 amide bonds. The predicted molar refractivity (Wildman–Crippen MR) is 245 cm³/mol. The minimum atomic E-state index is -0.880. The molecule has 5 aromatic carbocycles. The molecule has 2 fully saturated rings. The van der Waals surface area contributed by atoms with Gasteiger partial charge in [0.1, 0.15) is 23.7 Å². The second-order valence-corrected chi connectivity index (χ2v) is 17.3. The number of ether oxygens (including phenoxy) is 1. The minimum Gasteiger partial charge on any atom is -0.453 e. The number of nitrogens with one attached hydrogen (secondary N) is 4. The zero-order valence-electron chi connectivity index (χ0n) is 36.3. The molecule has 1 saturated carbocycles. The molecule has 3 heterocycles. The van der Waals surface area contributed by atoms with Gasteiger partial charge in [0.25, 0.3) is 5.91 Å². The zero-order valence-corrected chi connectivity index (χ0v) is 36.3. The first-order valence-electron chi connectivity index (χ1n) is 22.0. The summed E-state index contributed by atoms with van der Waals surface area (Å²) in [6.45, 7) is 6.44. The highest BCUT2D eigenvalue weighted by Crippen LogP contribution is 2.50. The number of carbonyl (C=O) groups excluding carboxylic acids is 4. The second kappa shape index (κ2) is 17.8. The molecule has 1 saturated heterocycles. The number of fused-ring (bicyclic) bond motifs is 5. The highest BCUT2D eigenvalue weighted by molar-refractivity contribution is 6.05. The topological polar surface area (TPSA) is 165 Å². The van der Waals surface area contributed by atoms with Crippen molar-refractivity contribution in [3.63, 3.8) is 0 Å². The quantitative estimate of drug-likeness (QED) is 0.0794. The van der Waals surface area contributed by atoms with Crippen LogP contribution in [0.15, 0.2) is 121 Å². The molecular formula is C51H52N8O5. The molecule has 2 bridgehead atoms. The van der Waals surface area contributed by atoms with E-state index in [1.54, 1.807) is 4.90 Å². The van der Waals surface area contributed by atoms with Crippen LogP contribution in [0, 0.1) is 11.8 Å². The van der Waals surface area contributed by atoms with Gasteiger partial charge in [-0.05, 0) is 83.4 Å². The van der Waals surface area contributed by atoms with Gasteiger partial charge in [-0.25, -0.2) is 14.8 Å². The highest BCUT2D eigenvalue weighted by atomic mass is 16.5. The number of amides is 4. The fourth-order valence-corrected chi connectivity index (χ4v) is 9.63. The SMILES string of the molecule is COC(=O)N[C@@H](C(=O)N1[C@@H]2CC[C@@H](C2)[C@H]1c1ncc(-c2ccc(-c3ccc4c(ccc5[nH]c(CN(C(=O)C(NC=O)c6ccccc6)[C@H](C)C(C)C)nc54)c3)cc2)[nH]1)c1ccccc1. The molecule has 0 spiro atoms. The van der Waals surface area contributed by atoms with Gasteiger partial charge < -0.3 is 35.1 Å². The molecule has 7 aromatic rings. The largest absolute Gasteiger partial charge is 0.453 e. The molecule has 2 aliphatic rings. The Hall–Kier alpha value is -7.28.